The van der Waals surface area contributed by atoms with E-state index < -0.39 is 48.1 Å². The van der Waals surface area contributed by atoms with Crippen LogP contribution >= 0.6 is 0 Å². The molecule has 1 aromatic heterocycles. The van der Waals surface area contributed by atoms with Crippen LogP contribution in [0.5, 0.6) is 5.88 Å². The van der Waals surface area contributed by atoms with E-state index in [2.05, 4.69) is 4.98 Å². The molecule has 0 spiro atoms. The highest BCUT2D eigenvalue weighted by atomic mass is 16.7. The van der Waals surface area contributed by atoms with Crippen LogP contribution in [0.25, 0.3) is 0 Å². The van der Waals surface area contributed by atoms with Crippen LogP contribution in [-0.2, 0) is 23.7 Å². The van der Waals surface area contributed by atoms with Gasteiger partial charge in [0.1, 0.15) is 12.7 Å². The van der Waals surface area contributed by atoms with Crippen LogP contribution in [0.3, 0.4) is 0 Å². The van der Waals surface area contributed by atoms with Crippen molar-refractivity contribution in [1.82, 2.24) is 9.55 Å². The first kappa shape index (κ1) is 25.6. The number of carbonyl (C=O) groups is 3. The summed E-state index contributed by atoms with van der Waals surface area (Å²) in [7, 11) is 1.36. The molecular formula is C26H24N2O9. The van der Waals surface area contributed by atoms with Gasteiger partial charge >= 0.3 is 23.6 Å². The van der Waals surface area contributed by atoms with Gasteiger partial charge in [0.25, 0.3) is 0 Å². The molecule has 0 N–H and O–H groups in total. The van der Waals surface area contributed by atoms with Gasteiger partial charge in [0, 0.05) is 19.2 Å². The third-order valence-corrected chi connectivity index (χ3v) is 5.52. The Labute approximate surface area is 211 Å². The lowest BCUT2D eigenvalue weighted by Crippen LogP contribution is -2.42. The second-order valence-electron chi connectivity index (χ2n) is 8.00. The molecule has 1 aliphatic rings. The van der Waals surface area contributed by atoms with Crippen LogP contribution in [0.4, 0.5) is 0 Å². The van der Waals surface area contributed by atoms with Gasteiger partial charge in [-0.25, -0.2) is 14.4 Å². The Bertz CT molecular complexity index is 1310. The van der Waals surface area contributed by atoms with E-state index in [0.717, 1.165) is 4.57 Å². The fraction of sp³-hybridized carbons (Fsp3) is 0.269. The Hall–Kier alpha value is -4.51. The summed E-state index contributed by atoms with van der Waals surface area (Å²) in [6.07, 6.45) is -3.44. The molecule has 37 heavy (non-hydrogen) atoms. The number of hydrogen-bond donors (Lipinski definition) is 0. The van der Waals surface area contributed by atoms with E-state index in [1.807, 2.05) is 0 Å². The van der Waals surface area contributed by atoms with Crippen LogP contribution < -0.4 is 10.4 Å². The SMILES string of the molecule is COc1ccn([C@@H]2O[C@H](COC(=O)c3ccccc3)[C@@H](OC(=O)c3ccccc3)[C@H]2OC(C)=O)c(=O)n1. The largest absolute Gasteiger partial charge is 0.481 e. The Kier molecular flexibility index (Phi) is 7.94. The number of esters is 3. The first-order valence-electron chi connectivity index (χ1n) is 11.3. The Morgan fingerprint density at radius 3 is 2.08 bits per heavy atom. The highest BCUT2D eigenvalue weighted by Gasteiger charge is 2.51. The van der Waals surface area contributed by atoms with Crippen LogP contribution in [0, 0.1) is 0 Å². The maximum absolute atomic E-state index is 12.9. The zero-order valence-electron chi connectivity index (χ0n) is 20.0. The lowest BCUT2D eigenvalue weighted by molar-refractivity contribution is -0.156. The minimum atomic E-state index is -1.25. The van der Waals surface area contributed by atoms with Crippen LogP contribution in [0.1, 0.15) is 33.9 Å². The van der Waals surface area contributed by atoms with Crippen molar-refractivity contribution in [2.45, 2.75) is 31.5 Å². The summed E-state index contributed by atoms with van der Waals surface area (Å²) in [6.45, 7) is 0.817. The molecule has 0 radical (unpaired) electrons. The van der Waals surface area contributed by atoms with Gasteiger partial charge in [-0.3, -0.25) is 9.36 Å². The van der Waals surface area contributed by atoms with E-state index in [4.69, 9.17) is 23.7 Å². The summed E-state index contributed by atoms with van der Waals surface area (Å²) in [6, 6.07) is 17.9. The van der Waals surface area contributed by atoms with Crippen molar-refractivity contribution in [3.8, 4) is 5.88 Å². The van der Waals surface area contributed by atoms with Crippen molar-refractivity contribution in [2.75, 3.05) is 13.7 Å². The molecule has 3 aromatic rings. The van der Waals surface area contributed by atoms with E-state index in [0.29, 0.717) is 5.56 Å². The molecular weight excluding hydrogens is 484 g/mol. The molecule has 0 saturated carbocycles. The summed E-state index contributed by atoms with van der Waals surface area (Å²) >= 11 is 0. The number of methoxy groups -OCH3 is 1. The van der Waals surface area contributed by atoms with Crippen molar-refractivity contribution >= 4 is 17.9 Å². The van der Waals surface area contributed by atoms with Crippen LogP contribution in [-0.4, -0.2) is 59.5 Å². The van der Waals surface area contributed by atoms with Crippen LogP contribution in [0.15, 0.2) is 77.7 Å². The third-order valence-electron chi connectivity index (χ3n) is 5.52. The molecule has 11 nitrogen and oxygen atoms in total. The molecule has 1 saturated heterocycles. The molecule has 4 rings (SSSR count). The van der Waals surface area contributed by atoms with Gasteiger partial charge in [-0.2, -0.15) is 4.98 Å². The monoisotopic (exact) mass is 508 g/mol. The van der Waals surface area contributed by atoms with E-state index >= 15 is 0 Å². The Morgan fingerprint density at radius 2 is 1.51 bits per heavy atom. The smallest absolute Gasteiger partial charge is 0.353 e. The van der Waals surface area contributed by atoms with Gasteiger partial charge in [0.15, 0.2) is 18.4 Å². The van der Waals surface area contributed by atoms with Gasteiger partial charge in [0.05, 0.1) is 18.2 Å². The first-order chi connectivity index (χ1) is 17.9. The Morgan fingerprint density at radius 1 is 0.892 bits per heavy atom. The minimum Gasteiger partial charge on any atom is -0.481 e. The maximum Gasteiger partial charge on any atom is 0.353 e. The lowest BCUT2D eigenvalue weighted by Gasteiger charge is -2.24. The predicted octanol–water partition coefficient (Wildman–Crippen LogP) is 2.16. The van der Waals surface area contributed by atoms with Crippen molar-refractivity contribution in [3.63, 3.8) is 0 Å². The number of rotatable bonds is 8. The zero-order valence-corrected chi connectivity index (χ0v) is 20.0. The molecule has 2 heterocycles. The Balaban J connectivity index is 1.65. The summed E-state index contributed by atoms with van der Waals surface area (Å²) < 4.78 is 28.6. The van der Waals surface area contributed by atoms with Crippen molar-refractivity contribution in [1.29, 1.82) is 0 Å². The van der Waals surface area contributed by atoms with Gasteiger partial charge in [0.2, 0.25) is 5.88 Å². The predicted molar refractivity (Wildman–Crippen MR) is 127 cm³/mol. The average molecular weight is 508 g/mol. The van der Waals surface area contributed by atoms with Crippen LogP contribution in [0.2, 0.25) is 0 Å². The molecule has 1 aliphatic heterocycles. The summed E-state index contributed by atoms with van der Waals surface area (Å²) in [5.41, 5.74) is -0.200. The molecule has 0 unspecified atom stereocenters. The highest BCUT2D eigenvalue weighted by Crippen LogP contribution is 2.34. The molecule has 2 aromatic carbocycles. The fourth-order valence-corrected chi connectivity index (χ4v) is 3.81. The van der Waals surface area contributed by atoms with Gasteiger partial charge < -0.3 is 23.7 Å². The molecule has 192 valence electrons. The van der Waals surface area contributed by atoms with Gasteiger partial charge in [-0.15, -0.1) is 0 Å². The standard InChI is InChI=1S/C26H24N2O9/c1-16(29)35-22-21(37-25(31)18-11-7-4-8-12-18)19(15-34-24(30)17-9-5-3-6-10-17)36-23(22)28-14-13-20(33-2)27-26(28)32/h3-14,19,21-23H,15H2,1-2H3/t19-,21-,22-,23-/m1/s1. The summed E-state index contributed by atoms with van der Waals surface area (Å²) in [4.78, 5) is 53.9. The number of hydrogen-bond acceptors (Lipinski definition) is 10. The van der Waals surface area contributed by atoms with Crippen molar-refractivity contribution in [3.05, 3.63) is 94.5 Å². The first-order valence-corrected chi connectivity index (χ1v) is 11.3. The number of nitrogens with zero attached hydrogens (tertiary/aromatic N) is 2. The summed E-state index contributed by atoms with van der Waals surface area (Å²) in [5, 5.41) is 0. The molecule has 11 heteroatoms. The topological polar surface area (TPSA) is 132 Å². The zero-order chi connectivity index (χ0) is 26.4. The van der Waals surface area contributed by atoms with E-state index in [1.165, 1.54) is 26.3 Å². The van der Waals surface area contributed by atoms with Gasteiger partial charge in [-0.1, -0.05) is 36.4 Å². The van der Waals surface area contributed by atoms with Gasteiger partial charge in [-0.05, 0) is 24.3 Å². The molecule has 0 aliphatic carbocycles. The second kappa shape index (κ2) is 11.5. The summed E-state index contributed by atoms with van der Waals surface area (Å²) in [5.74, 6) is -1.97. The molecule has 0 amide bonds. The van der Waals surface area contributed by atoms with E-state index in [-0.39, 0.29) is 18.1 Å². The van der Waals surface area contributed by atoms with Crippen molar-refractivity contribution < 1.29 is 38.1 Å². The quantitative estimate of drug-likeness (QED) is 0.329. The second-order valence-corrected chi connectivity index (χ2v) is 8.00. The average Bonchev–Trinajstić information content (AvgIpc) is 3.23. The number of benzene rings is 2. The molecule has 1 fully saturated rings. The van der Waals surface area contributed by atoms with E-state index in [1.54, 1.807) is 60.7 Å². The molecule has 0 bridgehead atoms. The maximum atomic E-state index is 12.9. The van der Waals surface area contributed by atoms with Crippen molar-refractivity contribution in [2.24, 2.45) is 0 Å². The molecule has 4 atom stereocenters. The fourth-order valence-electron chi connectivity index (χ4n) is 3.81. The minimum absolute atomic E-state index is 0.0729. The lowest BCUT2D eigenvalue weighted by atomic mass is 10.1. The normalized spacial score (nSPS) is 20.6. The highest BCUT2D eigenvalue weighted by molar-refractivity contribution is 5.90. The number of aromatic nitrogens is 2. The van der Waals surface area contributed by atoms with E-state index in [9.17, 15) is 19.2 Å². The third kappa shape index (κ3) is 6.01. The number of carbonyl (C=O) groups excluding carboxylic acids is 3. The number of ether oxygens (including phenoxy) is 5.